The highest BCUT2D eigenvalue weighted by Gasteiger charge is 2.15. The molecule has 0 aromatic heterocycles. The molecule has 0 saturated carbocycles. The molecular formula is C12H14O2. The normalized spacial score (nSPS) is 12.0. The number of rotatable bonds is 5. The van der Waals surface area contributed by atoms with E-state index in [0.29, 0.717) is 12.8 Å². The van der Waals surface area contributed by atoms with E-state index in [9.17, 15) is 4.79 Å². The van der Waals surface area contributed by atoms with Crippen molar-refractivity contribution in [1.29, 1.82) is 0 Å². The summed E-state index contributed by atoms with van der Waals surface area (Å²) in [5, 5.41) is 8.92. The lowest BCUT2D eigenvalue weighted by Gasteiger charge is -2.09. The molecule has 0 aliphatic heterocycles. The smallest absolute Gasteiger partial charge is 0.307 e. The summed E-state index contributed by atoms with van der Waals surface area (Å²) in [6.07, 6.45) is 2.74. The molecule has 1 rings (SSSR count). The number of benzene rings is 1. The van der Waals surface area contributed by atoms with Crippen molar-refractivity contribution < 1.29 is 9.90 Å². The Morgan fingerprint density at radius 1 is 1.43 bits per heavy atom. The van der Waals surface area contributed by atoms with Crippen molar-refractivity contribution in [1.82, 2.24) is 0 Å². The molecule has 14 heavy (non-hydrogen) atoms. The van der Waals surface area contributed by atoms with Crippen molar-refractivity contribution in [2.75, 3.05) is 0 Å². The zero-order chi connectivity index (χ0) is 10.4. The van der Waals surface area contributed by atoms with Crippen LogP contribution in [0.2, 0.25) is 0 Å². The number of hydrogen-bond donors (Lipinski definition) is 1. The van der Waals surface area contributed by atoms with Crippen LogP contribution in [0.1, 0.15) is 12.0 Å². The molecule has 1 atom stereocenters. The third-order valence-electron chi connectivity index (χ3n) is 2.13. The maximum absolute atomic E-state index is 10.8. The molecule has 0 aliphatic carbocycles. The lowest BCUT2D eigenvalue weighted by molar-refractivity contribution is -0.141. The molecule has 0 saturated heterocycles. The number of carboxylic acid groups (broad SMARTS) is 1. The minimum atomic E-state index is -0.756. The molecule has 74 valence electrons. The number of carboxylic acids is 1. The predicted molar refractivity (Wildman–Crippen MR) is 56.1 cm³/mol. The zero-order valence-electron chi connectivity index (χ0n) is 8.02. The number of carbonyl (C=O) groups is 1. The van der Waals surface area contributed by atoms with Crippen molar-refractivity contribution in [3.05, 3.63) is 48.6 Å². The molecule has 2 heteroatoms. The lowest BCUT2D eigenvalue weighted by atomic mass is 9.96. The van der Waals surface area contributed by atoms with Crippen LogP contribution in [-0.2, 0) is 11.2 Å². The largest absolute Gasteiger partial charge is 0.481 e. The summed E-state index contributed by atoms with van der Waals surface area (Å²) < 4.78 is 0. The van der Waals surface area contributed by atoms with Crippen molar-refractivity contribution >= 4 is 5.97 Å². The number of allylic oxidation sites excluding steroid dienone is 1. The quantitative estimate of drug-likeness (QED) is 0.724. The first-order valence-corrected chi connectivity index (χ1v) is 4.61. The van der Waals surface area contributed by atoms with E-state index in [0.717, 1.165) is 5.56 Å². The van der Waals surface area contributed by atoms with Crippen LogP contribution in [0, 0.1) is 5.92 Å². The Morgan fingerprint density at radius 3 is 2.57 bits per heavy atom. The third-order valence-corrected chi connectivity index (χ3v) is 2.13. The molecule has 0 bridgehead atoms. The van der Waals surface area contributed by atoms with E-state index >= 15 is 0 Å². The first-order valence-electron chi connectivity index (χ1n) is 4.61. The third kappa shape index (κ3) is 3.05. The van der Waals surface area contributed by atoms with Gasteiger partial charge in [0, 0.05) is 0 Å². The van der Waals surface area contributed by atoms with Gasteiger partial charge < -0.3 is 5.11 Å². The molecule has 0 amide bonds. The lowest BCUT2D eigenvalue weighted by Crippen LogP contribution is -2.15. The Balaban J connectivity index is 2.64. The molecule has 0 aliphatic rings. The van der Waals surface area contributed by atoms with Gasteiger partial charge in [-0.1, -0.05) is 36.4 Å². The van der Waals surface area contributed by atoms with Crippen LogP contribution >= 0.6 is 0 Å². The van der Waals surface area contributed by atoms with Crippen LogP contribution in [0.25, 0.3) is 0 Å². The minimum absolute atomic E-state index is 0.352. The van der Waals surface area contributed by atoms with Crippen LogP contribution in [0.5, 0.6) is 0 Å². The average Bonchev–Trinajstić information content (AvgIpc) is 2.18. The van der Waals surface area contributed by atoms with Crippen LogP contribution < -0.4 is 0 Å². The summed E-state index contributed by atoms with van der Waals surface area (Å²) in [6, 6.07) is 9.65. The Bertz CT molecular complexity index is 303. The predicted octanol–water partition coefficient (Wildman–Crippen LogP) is 2.51. The fourth-order valence-corrected chi connectivity index (χ4v) is 1.37. The molecule has 0 spiro atoms. The Hall–Kier alpha value is -1.57. The van der Waals surface area contributed by atoms with Gasteiger partial charge in [0.15, 0.2) is 0 Å². The van der Waals surface area contributed by atoms with E-state index in [-0.39, 0.29) is 5.92 Å². The molecule has 0 heterocycles. The van der Waals surface area contributed by atoms with Gasteiger partial charge in [-0.25, -0.2) is 0 Å². The van der Waals surface area contributed by atoms with Gasteiger partial charge >= 0.3 is 5.97 Å². The highest BCUT2D eigenvalue weighted by atomic mass is 16.4. The molecule has 1 N–H and O–H groups in total. The van der Waals surface area contributed by atoms with Crippen LogP contribution in [0.4, 0.5) is 0 Å². The highest BCUT2D eigenvalue weighted by Crippen LogP contribution is 2.12. The van der Waals surface area contributed by atoms with Crippen LogP contribution in [0.3, 0.4) is 0 Å². The van der Waals surface area contributed by atoms with Gasteiger partial charge in [0.1, 0.15) is 0 Å². The topological polar surface area (TPSA) is 37.3 Å². The standard InChI is InChI=1S/C12H14O2/c1-2-6-11(12(13)14)9-10-7-4-3-5-8-10/h2-5,7-8,11H,1,6,9H2,(H,13,14)/t11-/m0/s1. The summed E-state index contributed by atoms with van der Waals surface area (Å²) >= 11 is 0. The van der Waals surface area contributed by atoms with Crippen LogP contribution in [0.15, 0.2) is 43.0 Å². The van der Waals surface area contributed by atoms with Gasteiger partial charge in [-0.2, -0.15) is 0 Å². The van der Waals surface area contributed by atoms with Gasteiger partial charge in [0.2, 0.25) is 0 Å². The van der Waals surface area contributed by atoms with Gasteiger partial charge in [-0.3, -0.25) is 4.79 Å². The zero-order valence-corrected chi connectivity index (χ0v) is 8.02. The van der Waals surface area contributed by atoms with E-state index in [1.807, 2.05) is 30.3 Å². The highest BCUT2D eigenvalue weighted by molar-refractivity contribution is 5.70. The minimum Gasteiger partial charge on any atom is -0.481 e. The van der Waals surface area contributed by atoms with Crippen molar-refractivity contribution in [3.63, 3.8) is 0 Å². The Kier molecular flexibility index (Phi) is 3.92. The number of hydrogen-bond acceptors (Lipinski definition) is 1. The van der Waals surface area contributed by atoms with Crippen molar-refractivity contribution in [2.24, 2.45) is 5.92 Å². The average molecular weight is 190 g/mol. The molecule has 0 fully saturated rings. The number of aliphatic carboxylic acids is 1. The molecule has 0 radical (unpaired) electrons. The van der Waals surface area contributed by atoms with E-state index in [1.165, 1.54) is 0 Å². The van der Waals surface area contributed by atoms with Crippen LogP contribution in [-0.4, -0.2) is 11.1 Å². The Labute approximate surface area is 83.9 Å². The second-order valence-corrected chi connectivity index (χ2v) is 3.25. The molecule has 2 nitrogen and oxygen atoms in total. The molecule has 0 unspecified atom stereocenters. The van der Waals surface area contributed by atoms with E-state index in [4.69, 9.17) is 5.11 Å². The van der Waals surface area contributed by atoms with Gasteiger partial charge in [0.05, 0.1) is 5.92 Å². The van der Waals surface area contributed by atoms with Gasteiger partial charge in [0.25, 0.3) is 0 Å². The summed E-state index contributed by atoms with van der Waals surface area (Å²) in [5.74, 6) is -1.11. The van der Waals surface area contributed by atoms with Crippen molar-refractivity contribution in [3.8, 4) is 0 Å². The summed E-state index contributed by atoms with van der Waals surface area (Å²) in [5.41, 5.74) is 1.06. The Morgan fingerprint density at radius 2 is 2.07 bits per heavy atom. The van der Waals surface area contributed by atoms with E-state index in [2.05, 4.69) is 6.58 Å². The maximum atomic E-state index is 10.8. The fourth-order valence-electron chi connectivity index (χ4n) is 1.37. The van der Waals surface area contributed by atoms with E-state index < -0.39 is 5.97 Å². The van der Waals surface area contributed by atoms with Gasteiger partial charge in [-0.15, -0.1) is 6.58 Å². The molecular weight excluding hydrogens is 176 g/mol. The second kappa shape index (κ2) is 5.22. The summed E-state index contributed by atoms with van der Waals surface area (Å²) in [6.45, 7) is 3.56. The monoisotopic (exact) mass is 190 g/mol. The summed E-state index contributed by atoms with van der Waals surface area (Å²) in [4.78, 5) is 10.8. The first kappa shape index (κ1) is 10.5. The first-order chi connectivity index (χ1) is 6.74. The van der Waals surface area contributed by atoms with Crippen molar-refractivity contribution in [2.45, 2.75) is 12.8 Å². The maximum Gasteiger partial charge on any atom is 0.307 e. The molecule has 1 aromatic carbocycles. The summed E-state index contributed by atoms with van der Waals surface area (Å²) in [7, 11) is 0. The van der Waals surface area contributed by atoms with E-state index in [1.54, 1.807) is 6.08 Å². The second-order valence-electron chi connectivity index (χ2n) is 3.25. The fraction of sp³-hybridized carbons (Fsp3) is 0.250. The van der Waals surface area contributed by atoms with Gasteiger partial charge in [-0.05, 0) is 18.4 Å². The SMILES string of the molecule is C=CC[C@@H](Cc1ccccc1)C(=O)O. The molecule has 1 aromatic rings.